The topological polar surface area (TPSA) is 67.9 Å². The lowest BCUT2D eigenvalue weighted by Gasteiger charge is -2.16. The Morgan fingerprint density at radius 1 is 1.45 bits per heavy atom. The molecule has 0 saturated carbocycles. The minimum absolute atomic E-state index is 0.0561. The number of amides is 2. The minimum Gasteiger partial charge on any atom is -0.484 e. The van der Waals surface area contributed by atoms with Gasteiger partial charge in [0.2, 0.25) is 0 Å². The first kappa shape index (κ1) is 16.1. The van der Waals surface area contributed by atoms with Gasteiger partial charge in [0.25, 0.3) is 5.91 Å². The summed E-state index contributed by atoms with van der Waals surface area (Å²) in [5, 5.41) is 2.73. The summed E-state index contributed by atoms with van der Waals surface area (Å²) in [6.45, 7) is 6.52. The predicted octanol–water partition coefficient (Wildman–Crippen LogP) is 1.72. The number of benzene rings is 1. The van der Waals surface area contributed by atoms with Gasteiger partial charge in [-0.25, -0.2) is 4.79 Å². The molecule has 0 radical (unpaired) electrons. The van der Waals surface area contributed by atoms with Crippen molar-refractivity contribution in [1.82, 2.24) is 10.2 Å². The maximum atomic E-state index is 11.8. The van der Waals surface area contributed by atoms with E-state index in [1.165, 1.54) is 0 Å². The number of hydrogen-bond acceptors (Lipinski definition) is 4. The molecule has 1 aromatic rings. The molecule has 1 fully saturated rings. The summed E-state index contributed by atoms with van der Waals surface area (Å²) in [6.07, 6.45) is -0.636. The van der Waals surface area contributed by atoms with Gasteiger partial charge in [-0.2, -0.15) is 0 Å². The molecule has 0 spiro atoms. The first-order valence-electron chi connectivity index (χ1n) is 7.39. The van der Waals surface area contributed by atoms with Gasteiger partial charge in [-0.05, 0) is 32.4 Å². The number of carbonyl (C=O) groups is 2. The molecule has 6 nitrogen and oxygen atoms in total. The van der Waals surface area contributed by atoms with Gasteiger partial charge in [0, 0.05) is 6.04 Å². The quantitative estimate of drug-likeness (QED) is 0.869. The molecule has 120 valence electrons. The second kappa shape index (κ2) is 7.15. The fourth-order valence-corrected chi connectivity index (χ4v) is 2.21. The lowest BCUT2D eigenvalue weighted by Crippen LogP contribution is -2.38. The number of cyclic esters (lactones) is 1. The second-order valence-electron chi connectivity index (χ2n) is 5.61. The molecule has 1 heterocycles. The number of para-hydroxylation sites is 1. The fraction of sp³-hybridized carbons (Fsp3) is 0.500. The molecule has 22 heavy (non-hydrogen) atoms. The molecule has 1 unspecified atom stereocenters. The van der Waals surface area contributed by atoms with E-state index in [9.17, 15) is 9.59 Å². The Bertz CT molecular complexity index is 545. The largest absolute Gasteiger partial charge is 0.484 e. The molecule has 1 aliphatic rings. The summed E-state index contributed by atoms with van der Waals surface area (Å²) < 4.78 is 10.7. The molecule has 1 atom stereocenters. The summed E-state index contributed by atoms with van der Waals surface area (Å²) in [4.78, 5) is 25.0. The van der Waals surface area contributed by atoms with Crippen LogP contribution in [0.2, 0.25) is 0 Å². The molecule has 0 aromatic heterocycles. The van der Waals surface area contributed by atoms with E-state index in [-0.39, 0.29) is 30.8 Å². The van der Waals surface area contributed by atoms with E-state index >= 15 is 0 Å². The standard InChI is InChI=1S/C16H22N2O4/c1-11(2)18-9-13(22-16(18)20)8-17-15(19)10-21-14-7-5-4-6-12(14)3/h4-7,11,13H,8-10H2,1-3H3,(H,17,19). The van der Waals surface area contributed by atoms with Gasteiger partial charge in [-0.1, -0.05) is 18.2 Å². The maximum absolute atomic E-state index is 11.8. The van der Waals surface area contributed by atoms with Gasteiger partial charge in [0.15, 0.2) is 6.61 Å². The van der Waals surface area contributed by atoms with Gasteiger partial charge in [-0.3, -0.25) is 4.79 Å². The van der Waals surface area contributed by atoms with E-state index < -0.39 is 0 Å². The zero-order valence-corrected chi connectivity index (χ0v) is 13.2. The number of rotatable bonds is 6. The van der Waals surface area contributed by atoms with Gasteiger partial charge in [0.05, 0.1) is 13.1 Å². The molecule has 2 rings (SSSR count). The van der Waals surface area contributed by atoms with Gasteiger partial charge < -0.3 is 19.7 Å². The lowest BCUT2D eigenvalue weighted by atomic mass is 10.2. The lowest BCUT2D eigenvalue weighted by molar-refractivity contribution is -0.123. The fourth-order valence-electron chi connectivity index (χ4n) is 2.21. The van der Waals surface area contributed by atoms with Crippen molar-refractivity contribution in [3.63, 3.8) is 0 Å². The van der Waals surface area contributed by atoms with Crippen LogP contribution in [-0.4, -0.2) is 48.7 Å². The van der Waals surface area contributed by atoms with Crippen LogP contribution in [0, 0.1) is 6.92 Å². The van der Waals surface area contributed by atoms with Crippen molar-refractivity contribution in [2.45, 2.75) is 32.9 Å². The molecule has 1 aliphatic heterocycles. The smallest absolute Gasteiger partial charge is 0.410 e. The van der Waals surface area contributed by atoms with E-state index in [1.807, 2.05) is 45.0 Å². The number of ether oxygens (including phenoxy) is 2. The normalized spacial score (nSPS) is 17.5. The zero-order valence-electron chi connectivity index (χ0n) is 13.2. The number of carbonyl (C=O) groups excluding carboxylic acids is 2. The van der Waals surface area contributed by atoms with E-state index in [0.717, 1.165) is 5.56 Å². The Kier molecular flexibility index (Phi) is 5.25. The second-order valence-corrected chi connectivity index (χ2v) is 5.61. The Hall–Kier alpha value is -2.24. The summed E-state index contributed by atoms with van der Waals surface area (Å²) in [5.74, 6) is 0.457. The number of nitrogens with zero attached hydrogens (tertiary/aromatic N) is 1. The zero-order chi connectivity index (χ0) is 16.1. The highest BCUT2D eigenvalue weighted by atomic mass is 16.6. The number of hydrogen-bond donors (Lipinski definition) is 1. The van der Waals surface area contributed by atoms with Crippen LogP contribution >= 0.6 is 0 Å². The average molecular weight is 306 g/mol. The Balaban J connectivity index is 1.73. The van der Waals surface area contributed by atoms with E-state index in [0.29, 0.717) is 18.8 Å². The highest BCUT2D eigenvalue weighted by Gasteiger charge is 2.32. The summed E-state index contributed by atoms with van der Waals surface area (Å²) >= 11 is 0. The third-order valence-corrected chi connectivity index (χ3v) is 3.50. The summed E-state index contributed by atoms with van der Waals surface area (Å²) in [5.41, 5.74) is 0.979. The molecule has 2 amide bonds. The van der Waals surface area contributed by atoms with Crippen LogP contribution in [0.4, 0.5) is 4.79 Å². The van der Waals surface area contributed by atoms with Gasteiger partial charge in [0.1, 0.15) is 11.9 Å². The van der Waals surface area contributed by atoms with Gasteiger partial charge >= 0.3 is 6.09 Å². The van der Waals surface area contributed by atoms with Crippen LogP contribution in [0.5, 0.6) is 5.75 Å². The highest BCUT2D eigenvalue weighted by Crippen LogP contribution is 2.16. The van der Waals surface area contributed by atoms with Crippen LogP contribution < -0.4 is 10.1 Å². The average Bonchev–Trinajstić information content (AvgIpc) is 2.85. The highest BCUT2D eigenvalue weighted by molar-refractivity contribution is 5.77. The van der Waals surface area contributed by atoms with Gasteiger partial charge in [-0.15, -0.1) is 0 Å². The SMILES string of the molecule is Cc1ccccc1OCC(=O)NCC1CN(C(C)C)C(=O)O1. The van der Waals surface area contributed by atoms with Crippen molar-refractivity contribution in [2.24, 2.45) is 0 Å². The first-order chi connectivity index (χ1) is 10.5. The van der Waals surface area contributed by atoms with E-state index in [4.69, 9.17) is 9.47 Å². The molecule has 1 N–H and O–H groups in total. The van der Waals surface area contributed by atoms with Crippen molar-refractivity contribution in [3.05, 3.63) is 29.8 Å². The third kappa shape index (κ3) is 4.13. The van der Waals surface area contributed by atoms with E-state index in [1.54, 1.807) is 4.90 Å². The summed E-state index contributed by atoms with van der Waals surface area (Å²) in [6, 6.07) is 7.61. The number of nitrogens with one attached hydrogen (secondary N) is 1. The van der Waals surface area contributed by atoms with Crippen LogP contribution in [0.25, 0.3) is 0 Å². The summed E-state index contributed by atoms with van der Waals surface area (Å²) in [7, 11) is 0. The Morgan fingerprint density at radius 2 is 2.18 bits per heavy atom. The van der Waals surface area contributed by atoms with Crippen LogP contribution in [0.1, 0.15) is 19.4 Å². The molecular weight excluding hydrogens is 284 g/mol. The third-order valence-electron chi connectivity index (χ3n) is 3.50. The van der Waals surface area contributed by atoms with Crippen molar-refractivity contribution in [3.8, 4) is 5.75 Å². The Morgan fingerprint density at radius 3 is 2.82 bits per heavy atom. The molecule has 6 heteroatoms. The molecule has 1 aromatic carbocycles. The minimum atomic E-state index is -0.328. The molecule has 1 saturated heterocycles. The van der Waals surface area contributed by atoms with Crippen LogP contribution in [0.3, 0.4) is 0 Å². The maximum Gasteiger partial charge on any atom is 0.410 e. The monoisotopic (exact) mass is 306 g/mol. The van der Waals surface area contributed by atoms with Crippen molar-refractivity contribution in [2.75, 3.05) is 19.7 Å². The van der Waals surface area contributed by atoms with Crippen molar-refractivity contribution >= 4 is 12.0 Å². The van der Waals surface area contributed by atoms with Crippen molar-refractivity contribution in [1.29, 1.82) is 0 Å². The Labute approximate surface area is 130 Å². The molecule has 0 aliphatic carbocycles. The van der Waals surface area contributed by atoms with E-state index in [2.05, 4.69) is 5.32 Å². The molecule has 0 bridgehead atoms. The van der Waals surface area contributed by atoms with Crippen LogP contribution in [0.15, 0.2) is 24.3 Å². The van der Waals surface area contributed by atoms with Crippen LogP contribution in [-0.2, 0) is 9.53 Å². The predicted molar refractivity (Wildman–Crippen MR) is 81.8 cm³/mol. The first-order valence-corrected chi connectivity index (χ1v) is 7.39. The van der Waals surface area contributed by atoms with Crippen molar-refractivity contribution < 1.29 is 19.1 Å². The number of aryl methyl sites for hydroxylation is 1. The molecular formula is C16H22N2O4.